The summed E-state index contributed by atoms with van der Waals surface area (Å²) in [5, 5.41) is 0.805. The third-order valence-electron chi connectivity index (χ3n) is 9.89. The van der Waals surface area contributed by atoms with Gasteiger partial charge in [-0.2, -0.15) is 0 Å². The molecule has 3 atom stereocenters. The molecule has 2 bridgehead atoms. The van der Waals surface area contributed by atoms with Gasteiger partial charge in [-0.05, 0) is 111 Å². The molecular formula is C34H44ClN3O2S. The highest BCUT2D eigenvalue weighted by molar-refractivity contribution is 7.98. The van der Waals surface area contributed by atoms with Crippen LogP contribution in [0.1, 0.15) is 68.9 Å². The Balaban J connectivity index is 1.31. The fourth-order valence-electron chi connectivity index (χ4n) is 7.21. The number of allylic oxidation sites excluding steroid dienone is 1. The van der Waals surface area contributed by atoms with Crippen LogP contribution in [0.2, 0.25) is 5.02 Å². The van der Waals surface area contributed by atoms with Gasteiger partial charge in [-0.15, -0.1) is 0 Å². The molecule has 1 amide bonds. The second-order valence-corrected chi connectivity index (χ2v) is 14.1. The summed E-state index contributed by atoms with van der Waals surface area (Å²) in [7, 11) is 2.15. The van der Waals surface area contributed by atoms with E-state index in [0.29, 0.717) is 12.5 Å². The van der Waals surface area contributed by atoms with Crippen LogP contribution in [0.4, 0.5) is 5.69 Å². The van der Waals surface area contributed by atoms with Gasteiger partial charge >= 0.3 is 0 Å². The number of likely N-dealkylation sites (N-methyl/N-ethyl adjacent to an activating group) is 1. The molecule has 2 aliphatic heterocycles. The molecule has 2 heterocycles. The van der Waals surface area contributed by atoms with E-state index in [2.05, 4.69) is 71.0 Å². The maximum atomic E-state index is 13.4. The minimum Gasteiger partial charge on any atom is -0.491 e. The summed E-state index contributed by atoms with van der Waals surface area (Å²) in [6.45, 7) is 6.54. The number of nitrogens with one attached hydrogen (secondary N) is 1. The molecule has 5 nitrogen and oxygen atoms in total. The first-order valence-electron chi connectivity index (χ1n) is 15.5. The summed E-state index contributed by atoms with van der Waals surface area (Å²) in [5.74, 6) is 2.78. The van der Waals surface area contributed by atoms with E-state index >= 15 is 0 Å². The predicted molar refractivity (Wildman–Crippen MR) is 170 cm³/mol. The van der Waals surface area contributed by atoms with E-state index in [9.17, 15) is 4.79 Å². The van der Waals surface area contributed by atoms with Gasteiger partial charge < -0.3 is 14.5 Å². The molecule has 41 heavy (non-hydrogen) atoms. The lowest BCUT2D eigenvalue weighted by Crippen LogP contribution is -2.50. The molecule has 0 aromatic heterocycles. The molecule has 2 aromatic carbocycles. The van der Waals surface area contributed by atoms with E-state index in [1.54, 1.807) is 0 Å². The number of aryl methyl sites for hydroxylation is 1. The number of halogens is 1. The highest BCUT2D eigenvalue weighted by Crippen LogP contribution is 2.45. The number of fused-ring (bicyclic) bond motifs is 2. The summed E-state index contributed by atoms with van der Waals surface area (Å²) in [5.41, 5.74) is 3.58. The minimum atomic E-state index is -0.272. The molecule has 2 aromatic rings. The summed E-state index contributed by atoms with van der Waals surface area (Å²) in [4.78, 5) is 19.4. The lowest BCUT2D eigenvalue weighted by molar-refractivity contribution is -0.135. The van der Waals surface area contributed by atoms with Crippen molar-refractivity contribution >= 4 is 35.1 Å². The number of carbonyl (C=O) groups is 1. The topological polar surface area (TPSA) is 44.8 Å². The normalized spacial score (nSPS) is 27.3. The van der Waals surface area contributed by atoms with Crippen molar-refractivity contribution in [3.05, 3.63) is 64.7 Å². The lowest BCUT2D eigenvalue weighted by Gasteiger charge is -2.42. The third kappa shape index (κ3) is 6.30. The van der Waals surface area contributed by atoms with Crippen LogP contribution in [0, 0.1) is 17.3 Å². The van der Waals surface area contributed by atoms with Crippen LogP contribution < -0.4 is 14.4 Å². The van der Waals surface area contributed by atoms with Gasteiger partial charge in [0.2, 0.25) is 5.91 Å². The average Bonchev–Trinajstić information content (AvgIpc) is 3.10. The maximum absolute atomic E-state index is 13.4. The summed E-state index contributed by atoms with van der Waals surface area (Å²) in [6, 6.07) is 12.8. The number of carbonyl (C=O) groups excluding carboxylic acids is 1. The number of hydrogen-bond acceptors (Lipinski definition) is 5. The van der Waals surface area contributed by atoms with Crippen LogP contribution in [0.5, 0.6) is 5.75 Å². The highest BCUT2D eigenvalue weighted by Gasteiger charge is 2.45. The summed E-state index contributed by atoms with van der Waals surface area (Å²) < 4.78 is 9.78. The number of nitrogens with zero attached hydrogens (tertiary/aromatic N) is 2. The van der Waals surface area contributed by atoms with Crippen LogP contribution in [-0.4, -0.2) is 50.6 Å². The molecule has 1 spiro atoms. The zero-order valence-electron chi connectivity index (χ0n) is 24.5. The van der Waals surface area contributed by atoms with Crippen LogP contribution in [-0.2, 0) is 11.2 Å². The molecule has 0 radical (unpaired) electrons. The van der Waals surface area contributed by atoms with Crippen molar-refractivity contribution in [1.29, 1.82) is 0 Å². The van der Waals surface area contributed by atoms with Gasteiger partial charge in [-0.1, -0.05) is 49.6 Å². The molecule has 1 N–H and O–H groups in total. The zero-order valence-corrected chi connectivity index (χ0v) is 26.1. The molecule has 7 heteroatoms. The Kier molecular flexibility index (Phi) is 8.90. The van der Waals surface area contributed by atoms with E-state index in [4.69, 9.17) is 16.3 Å². The Morgan fingerprint density at radius 1 is 1.10 bits per heavy atom. The van der Waals surface area contributed by atoms with Crippen molar-refractivity contribution < 1.29 is 9.53 Å². The smallest absolute Gasteiger partial charge is 0.237 e. The Labute approximate surface area is 255 Å². The molecule has 220 valence electrons. The van der Waals surface area contributed by atoms with E-state index in [1.165, 1.54) is 35.9 Å². The van der Waals surface area contributed by atoms with E-state index < -0.39 is 0 Å². The SMILES string of the molecule is CCCc1cc(Cl)ccc1C1COc2ccc3cc2N(C1)CC1CCC1C/C=C/CN(C)CC1(CCC1)C(=O)NS3. The Morgan fingerprint density at radius 3 is 2.71 bits per heavy atom. The molecule has 2 aliphatic carbocycles. The third-order valence-corrected chi connectivity index (χ3v) is 10.9. The fraction of sp³-hybridized carbons (Fsp3) is 0.559. The Hall–Kier alpha value is -2.15. The average molecular weight is 594 g/mol. The first-order valence-corrected chi connectivity index (χ1v) is 16.7. The predicted octanol–water partition coefficient (Wildman–Crippen LogP) is 7.49. The molecule has 2 fully saturated rings. The van der Waals surface area contributed by atoms with Crippen molar-refractivity contribution in [2.75, 3.05) is 44.7 Å². The summed E-state index contributed by atoms with van der Waals surface area (Å²) in [6.07, 6.45) is 13.6. The quantitative estimate of drug-likeness (QED) is 0.295. The van der Waals surface area contributed by atoms with E-state index in [1.807, 2.05) is 6.07 Å². The van der Waals surface area contributed by atoms with E-state index in [0.717, 1.165) is 92.0 Å². The minimum absolute atomic E-state index is 0.168. The van der Waals surface area contributed by atoms with Crippen molar-refractivity contribution in [3.8, 4) is 5.75 Å². The molecule has 2 saturated carbocycles. The molecule has 6 rings (SSSR count). The Morgan fingerprint density at radius 2 is 1.95 bits per heavy atom. The van der Waals surface area contributed by atoms with Gasteiger partial charge in [0, 0.05) is 42.0 Å². The van der Waals surface area contributed by atoms with Gasteiger partial charge in [0.1, 0.15) is 5.75 Å². The molecular weight excluding hydrogens is 550 g/mol. The molecule has 0 saturated heterocycles. The van der Waals surface area contributed by atoms with Gasteiger partial charge in [0.25, 0.3) is 0 Å². The maximum Gasteiger partial charge on any atom is 0.237 e. The fourth-order valence-corrected chi connectivity index (χ4v) is 8.14. The monoisotopic (exact) mass is 593 g/mol. The van der Waals surface area contributed by atoms with E-state index in [-0.39, 0.29) is 17.2 Å². The Bertz CT molecular complexity index is 1280. The highest BCUT2D eigenvalue weighted by atomic mass is 35.5. The van der Waals surface area contributed by atoms with Crippen LogP contribution >= 0.6 is 23.5 Å². The van der Waals surface area contributed by atoms with Crippen molar-refractivity contribution in [2.45, 2.75) is 69.1 Å². The number of hydrogen-bond donors (Lipinski definition) is 1. The van der Waals surface area contributed by atoms with Crippen LogP contribution in [0.25, 0.3) is 0 Å². The van der Waals surface area contributed by atoms with Gasteiger partial charge in [0.15, 0.2) is 0 Å². The number of anilines is 1. The van der Waals surface area contributed by atoms with Crippen molar-refractivity contribution in [2.24, 2.45) is 17.3 Å². The van der Waals surface area contributed by atoms with Crippen molar-refractivity contribution in [3.63, 3.8) is 0 Å². The van der Waals surface area contributed by atoms with Gasteiger partial charge in [0.05, 0.1) is 17.7 Å². The number of ether oxygens (including phenoxy) is 1. The second-order valence-electron chi connectivity index (χ2n) is 12.8. The number of benzene rings is 2. The first kappa shape index (κ1) is 28.9. The number of amides is 1. The zero-order chi connectivity index (χ0) is 28.4. The lowest BCUT2D eigenvalue weighted by atomic mass is 9.68. The largest absolute Gasteiger partial charge is 0.491 e. The first-order chi connectivity index (χ1) is 19.9. The molecule has 4 aliphatic rings. The van der Waals surface area contributed by atoms with Gasteiger partial charge in [-0.3, -0.25) is 9.52 Å². The molecule has 3 unspecified atom stereocenters. The van der Waals surface area contributed by atoms with Crippen molar-refractivity contribution in [1.82, 2.24) is 9.62 Å². The van der Waals surface area contributed by atoms with Crippen LogP contribution in [0.15, 0.2) is 53.4 Å². The second kappa shape index (κ2) is 12.6. The van der Waals surface area contributed by atoms with Gasteiger partial charge in [-0.25, -0.2) is 0 Å². The number of rotatable bonds is 3. The standard InChI is InChI=1S/C34H44ClN3O2S/c1-3-7-25-18-28(35)11-13-30(25)27-21-38-20-26-10-9-24(26)8-4-5-17-37(2)23-34(15-6-16-34)33(39)36-41-29-12-14-32(40-22-27)31(38)19-29/h4-5,11-14,18-19,24,26-27H,3,6-10,15-17,20-23H2,1-2H3,(H,36,39)/b5-4+. The van der Waals surface area contributed by atoms with Crippen LogP contribution in [0.3, 0.4) is 0 Å². The summed E-state index contributed by atoms with van der Waals surface area (Å²) >= 11 is 7.89.